The predicted octanol–water partition coefficient (Wildman–Crippen LogP) is 4.70. The van der Waals surface area contributed by atoms with Crippen molar-refractivity contribution in [3.63, 3.8) is 0 Å². The molecule has 2 aromatic heterocycles. The van der Waals surface area contributed by atoms with Crippen molar-refractivity contribution in [1.82, 2.24) is 25.0 Å². The number of aromatic amines is 1. The van der Waals surface area contributed by atoms with Gasteiger partial charge in [-0.15, -0.1) is 11.3 Å². The molecule has 2 saturated heterocycles. The van der Waals surface area contributed by atoms with E-state index in [0.717, 1.165) is 37.3 Å². The average Bonchev–Trinajstić information content (AvgIpc) is 3.69. The van der Waals surface area contributed by atoms with Gasteiger partial charge in [0.05, 0.1) is 36.8 Å². The molecule has 12 heteroatoms. The molecule has 0 atom stereocenters. The molecule has 0 radical (unpaired) electrons. The summed E-state index contributed by atoms with van der Waals surface area (Å²) in [5, 5.41) is 7.89. The summed E-state index contributed by atoms with van der Waals surface area (Å²) in [6.45, 7) is 7.20. The van der Waals surface area contributed by atoms with E-state index in [1.54, 1.807) is 44.2 Å². The number of aromatic nitrogens is 2. The van der Waals surface area contributed by atoms with Gasteiger partial charge in [0, 0.05) is 24.8 Å². The van der Waals surface area contributed by atoms with E-state index in [4.69, 9.17) is 23.2 Å². The Morgan fingerprint density at radius 2 is 1.72 bits per heavy atom. The van der Waals surface area contributed by atoms with Gasteiger partial charge in [-0.2, -0.15) is 5.10 Å². The Labute approximate surface area is 240 Å². The van der Waals surface area contributed by atoms with Crippen LogP contribution in [0.2, 0.25) is 10.0 Å². The number of thiophene rings is 1. The van der Waals surface area contributed by atoms with Crippen molar-refractivity contribution in [3.8, 4) is 5.69 Å². The van der Waals surface area contributed by atoms with Crippen molar-refractivity contribution >= 4 is 52.1 Å². The van der Waals surface area contributed by atoms with Crippen LogP contribution in [0, 0.1) is 6.92 Å². The molecule has 1 aromatic carbocycles. The van der Waals surface area contributed by atoms with Crippen molar-refractivity contribution in [1.29, 1.82) is 0 Å². The molecular formula is C27H30Cl2N6O3S. The first-order valence-electron chi connectivity index (χ1n) is 13.0. The van der Waals surface area contributed by atoms with Gasteiger partial charge in [-0.3, -0.25) is 19.5 Å². The number of halogens is 2. The number of H-pyrrole nitrogens is 1. The largest absolute Gasteiger partial charge is 0.338 e. The van der Waals surface area contributed by atoms with E-state index >= 15 is 0 Å². The number of hydrogen-bond donors (Lipinski definition) is 2. The molecule has 0 aliphatic carbocycles. The number of piperidine rings is 1. The number of benzene rings is 1. The van der Waals surface area contributed by atoms with Gasteiger partial charge in [0.25, 0.3) is 17.4 Å². The minimum Gasteiger partial charge on any atom is -0.338 e. The molecule has 3 aromatic rings. The fourth-order valence-corrected chi connectivity index (χ4v) is 6.45. The normalized spacial score (nSPS) is 17.1. The molecule has 2 amide bonds. The zero-order valence-electron chi connectivity index (χ0n) is 21.8. The molecule has 9 nitrogen and oxygen atoms in total. The van der Waals surface area contributed by atoms with Crippen LogP contribution in [0.3, 0.4) is 0 Å². The molecule has 206 valence electrons. The zero-order valence-corrected chi connectivity index (χ0v) is 24.1. The molecule has 2 aliphatic heterocycles. The molecule has 2 aliphatic rings. The van der Waals surface area contributed by atoms with Gasteiger partial charge in [0.1, 0.15) is 0 Å². The summed E-state index contributed by atoms with van der Waals surface area (Å²) in [4.78, 5) is 44.3. The van der Waals surface area contributed by atoms with E-state index in [9.17, 15) is 14.4 Å². The minimum atomic E-state index is -0.441. The maximum Gasteiger partial charge on any atom is 0.281 e. The Balaban J connectivity index is 1.22. The maximum absolute atomic E-state index is 13.1. The second kappa shape index (κ2) is 11.7. The van der Waals surface area contributed by atoms with E-state index in [2.05, 4.69) is 20.5 Å². The number of hydrazone groups is 1. The first-order valence-corrected chi connectivity index (χ1v) is 14.6. The van der Waals surface area contributed by atoms with Crippen molar-refractivity contribution in [2.24, 2.45) is 5.10 Å². The fraction of sp³-hybridized carbons (Fsp3) is 0.407. The summed E-state index contributed by atoms with van der Waals surface area (Å²) in [7, 11) is 0. The standard InChI is InChI=1S/C27H30Cl2N6O3S/c1-16(24-17(2)32-35(27(24)38)19-5-6-20(28)21(29)15-19)30-31-25(36)22-7-8-23(39-22)26(37)34-13-9-18(10-14-34)33-11-3-4-12-33/h5-8,15,18,32H,3-4,9-14H2,1-2H3,(H,31,36)/b30-16-. The Hall–Kier alpha value is -2.92. The van der Waals surface area contributed by atoms with Gasteiger partial charge in [0.2, 0.25) is 0 Å². The Morgan fingerprint density at radius 3 is 2.41 bits per heavy atom. The average molecular weight is 590 g/mol. The highest BCUT2D eigenvalue weighted by atomic mass is 35.5. The summed E-state index contributed by atoms with van der Waals surface area (Å²) in [6, 6.07) is 8.77. The van der Waals surface area contributed by atoms with Crippen LogP contribution in [0.4, 0.5) is 0 Å². The number of aryl methyl sites for hydroxylation is 1. The van der Waals surface area contributed by atoms with E-state index < -0.39 is 5.91 Å². The third-order valence-corrected chi connectivity index (χ3v) is 9.18. The highest BCUT2D eigenvalue weighted by Gasteiger charge is 2.29. The lowest BCUT2D eigenvalue weighted by atomic mass is 10.0. The number of carbonyl (C=O) groups excluding carboxylic acids is 2. The molecule has 0 unspecified atom stereocenters. The summed E-state index contributed by atoms with van der Waals surface area (Å²) in [5.74, 6) is -0.478. The second-order valence-corrected chi connectivity index (χ2v) is 11.8. The van der Waals surface area contributed by atoms with Crippen LogP contribution in [-0.4, -0.2) is 69.3 Å². The van der Waals surface area contributed by atoms with Crippen molar-refractivity contribution < 1.29 is 9.59 Å². The molecule has 5 rings (SSSR count). The lowest BCUT2D eigenvalue weighted by Gasteiger charge is -2.36. The van der Waals surface area contributed by atoms with Crippen LogP contribution in [0.1, 0.15) is 63.2 Å². The maximum atomic E-state index is 13.1. The quantitative estimate of drug-likeness (QED) is 0.322. The van der Waals surface area contributed by atoms with Gasteiger partial charge in [0.15, 0.2) is 0 Å². The number of likely N-dealkylation sites (tertiary alicyclic amines) is 2. The predicted molar refractivity (Wildman–Crippen MR) is 155 cm³/mol. The van der Waals surface area contributed by atoms with E-state index in [1.807, 2.05) is 4.90 Å². The molecule has 0 bridgehead atoms. The van der Waals surface area contributed by atoms with Crippen LogP contribution in [-0.2, 0) is 0 Å². The zero-order chi connectivity index (χ0) is 27.7. The lowest BCUT2D eigenvalue weighted by Crippen LogP contribution is -2.45. The summed E-state index contributed by atoms with van der Waals surface area (Å²) in [5.41, 5.74) is 3.96. The van der Waals surface area contributed by atoms with Crippen molar-refractivity contribution in [3.05, 3.63) is 71.7 Å². The van der Waals surface area contributed by atoms with E-state index in [0.29, 0.717) is 48.5 Å². The number of nitrogens with zero attached hydrogens (tertiary/aromatic N) is 4. The Kier molecular flexibility index (Phi) is 8.27. The van der Waals surface area contributed by atoms with Gasteiger partial charge >= 0.3 is 0 Å². The molecular weight excluding hydrogens is 559 g/mol. The van der Waals surface area contributed by atoms with Gasteiger partial charge in [-0.05, 0) is 83.0 Å². The third kappa shape index (κ3) is 5.84. The molecule has 0 spiro atoms. The number of nitrogens with one attached hydrogen (secondary N) is 2. The van der Waals surface area contributed by atoms with E-state index in [1.165, 1.54) is 30.6 Å². The molecule has 4 heterocycles. The minimum absolute atomic E-state index is 0.0376. The monoisotopic (exact) mass is 588 g/mol. The van der Waals surface area contributed by atoms with Crippen LogP contribution < -0.4 is 11.0 Å². The first-order chi connectivity index (χ1) is 18.7. The van der Waals surface area contributed by atoms with Gasteiger partial charge in [-0.1, -0.05) is 23.2 Å². The van der Waals surface area contributed by atoms with Gasteiger partial charge in [-0.25, -0.2) is 10.1 Å². The van der Waals surface area contributed by atoms with Gasteiger partial charge < -0.3 is 9.80 Å². The number of rotatable bonds is 6. The lowest BCUT2D eigenvalue weighted by molar-refractivity contribution is 0.0649. The second-order valence-electron chi connectivity index (χ2n) is 9.92. The molecule has 39 heavy (non-hydrogen) atoms. The smallest absolute Gasteiger partial charge is 0.281 e. The Bertz CT molecular complexity index is 1480. The number of amides is 2. The molecule has 2 fully saturated rings. The van der Waals surface area contributed by atoms with E-state index in [-0.39, 0.29) is 11.5 Å². The van der Waals surface area contributed by atoms with Crippen molar-refractivity contribution in [2.45, 2.75) is 45.6 Å². The third-order valence-electron chi connectivity index (χ3n) is 7.37. The molecule has 2 N–H and O–H groups in total. The Morgan fingerprint density at radius 1 is 1.03 bits per heavy atom. The van der Waals surface area contributed by atoms with Crippen LogP contribution in [0.25, 0.3) is 5.69 Å². The number of hydrogen-bond acceptors (Lipinski definition) is 6. The van der Waals surface area contributed by atoms with Crippen LogP contribution in [0.15, 0.2) is 40.2 Å². The SMILES string of the molecule is C/C(=N/NC(=O)c1ccc(C(=O)N2CCC(N3CCCC3)CC2)s1)c1c(C)[nH]n(-c2ccc(Cl)c(Cl)c2)c1=O. The molecule has 0 saturated carbocycles. The number of carbonyl (C=O) groups is 2. The summed E-state index contributed by atoms with van der Waals surface area (Å²) in [6.07, 6.45) is 4.52. The van der Waals surface area contributed by atoms with Crippen LogP contribution >= 0.6 is 34.5 Å². The highest BCUT2D eigenvalue weighted by molar-refractivity contribution is 7.15. The van der Waals surface area contributed by atoms with Crippen molar-refractivity contribution in [2.75, 3.05) is 26.2 Å². The first kappa shape index (κ1) is 27.6. The summed E-state index contributed by atoms with van der Waals surface area (Å²) < 4.78 is 1.35. The highest BCUT2D eigenvalue weighted by Crippen LogP contribution is 2.25. The topological polar surface area (TPSA) is 103 Å². The fourth-order valence-electron chi connectivity index (χ4n) is 5.30. The summed E-state index contributed by atoms with van der Waals surface area (Å²) >= 11 is 13.2. The van der Waals surface area contributed by atoms with Crippen LogP contribution in [0.5, 0.6) is 0 Å².